The van der Waals surface area contributed by atoms with Crippen molar-refractivity contribution in [3.8, 4) is 34.3 Å². The zero-order valence-electron chi connectivity index (χ0n) is 17.5. The Morgan fingerprint density at radius 3 is 2.35 bits per heavy atom. The minimum absolute atomic E-state index is 0.302. The van der Waals surface area contributed by atoms with Crippen LogP contribution >= 0.6 is 0 Å². The maximum atomic E-state index is 12.9. The molecular formula is C24H17F3N4O3. The molecule has 172 valence electrons. The minimum atomic E-state index is -4.42. The molecule has 0 radical (unpaired) electrons. The van der Waals surface area contributed by atoms with Crippen LogP contribution in [0.15, 0.2) is 66.7 Å². The molecule has 2 N–H and O–H groups in total. The molecule has 0 spiro atoms. The maximum Gasteiger partial charge on any atom is 0.416 e. The first-order valence-electron chi connectivity index (χ1n) is 10.3. The van der Waals surface area contributed by atoms with Crippen LogP contribution in [0.25, 0.3) is 22.8 Å². The number of nitrogens with zero attached hydrogens (tertiary/aromatic N) is 2. The normalized spacial score (nSPS) is 12.9. The molecule has 1 amide bonds. The molecule has 3 aromatic carbocycles. The van der Waals surface area contributed by atoms with E-state index in [4.69, 9.17) is 9.47 Å². The van der Waals surface area contributed by atoms with E-state index in [1.165, 1.54) is 12.1 Å². The molecule has 0 bridgehead atoms. The number of carbonyl (C=O) groups excluding carboxylic acids is 1. The Hall–Kier alpha value is -4.34. The van der Waals surface area contributed by atoms with Crippen LogP contribution in [0.5, 0.6) is 11.5 Å². The molecule has 0 fully saturated rings. The molecule has 1 aromatic heterocycles. The van der Waals surface area contributed by atoms with Gasteiger partial charge in [-0.15, -0.1) is 10.2 Å². The van der Waals surface area contributed by atoms with Gasteiger partial charge >= 0.3 is 6.18 Å². The highest BCUT2D eigenvalue weighted by Gasteiger charge is 2.30. The van der Waals surface area contributed by atoms with Crippen LogP contribution in [0.4, 0.5) is 18.9 Å². The van der Waals surface area contributed by atoms with Crippen molar-refractivity contribution in [2.45, 2.75) is 6.18 Å². The highest BCUT2D eigenvalue weighted by Crippen LogP contribution is 2.33. The summed E-state index contributed by atoms with van der Waals surface area (Å²) >= 11 is 0. The molecule has 0 atom stereocenters. The van der Waals surface area contributed by atoms with E-state index in [9.17, 15) is 18.0 Å². The Bertz CT molecular complexity index is 1350. The summed E-state index contributed by atoms with van der Waals surface area (Å²) in [5.74, 6) is 1.39. The van der Waals surface area contributed by atoms with E-state index in [0.29, 0.717) is 58.7 Å². The second-order valence-corrected chi connectivity index (χ2v) is 7.46. The molecule has 0 unspecified atom stereocenters. The summed E-state index contributed by atoms with van der Waals surface area (Å²) in [6.45, 7) is 0.866. The lowest BCUT2D eigenvalue weighted by atomic mass is 10.1. The molecule has 0 saturated heterocycles. The Balaban J connectivity index is 1.39. The zero-order valence-corrected chi connectivity index (χ0v) is 17.5. The Morgan fingerprint density at radius 1 is 0.882 bits per heavy atom. The van der Waals surface area contributed by atoms with E-state index >= 15 is 0 Å². The highest BCUT2D eigenvalue weighted by molar-refractivity contribution is 6.06. The first-order chi connectivity index (χ1) is 16.4. The molecule has 1 aliphatic rings. The van der Waals surface area contributed by atoms with Crippen LogP contribution in [0.1, 0.15) is 15.9 Å². The monoisotopic (exact) mass is 466 g/mol. The number of hydrogen-bond donors (Lipinski definition) is 2. The SMILES string of the molecule is O=C(Nc1ccccc1-c1nnc(-c2ccc(C(F)(F)F)cc2)[nH]1)c1ccc2c(c1)OCCO2. The molecule has 0 saturated carbocycles. The van der Waals surface area contributed by atoms with E-state index in [1.807, 2.05) is 0 Å². The lowest BCUT2D eigenvalue weighted by Gasteiger charge is -2.18. The van der Waals surface area contributed by atoms with E-state index in [-0.39, 0.29) is 5.91 Å². The standard InChI is InChI=1S/C24H17F3N4O3/c25-24(26,27)16-8-5-14(6-9-16)21-29-22(31-30-21)17-3-1-2-4-18(17)28-23(32)15-7-10-19-20(13-15)34-12-11-33-19/h1-10,13H,11-12H2,(H,28,32)(H,29,30,31). The molecule has 4 aromatic rings. The summed E-state index contributed by atoms with van der Waals surface area (Å²) in [6, 6.07) is 16.5. The van der Waals surface area contributed by atoms with Gasteiger partial charge in [0.25, 0.3) is 5.91 Å². The number of benzene rings is 3. The first-order valence-corrected chi connectivity index (χ1v) is 10.3. The smallest absolute Gasteiger partial charge is 0.416 e. The van der Waals surface area contributed by atoms with E-state index in [1.54, 1.807) is 42.5 Å². The average Bonchev–Trinajstić information content (AvgIpc) is 3.34. The van der Waals surface area contributed by atoms with Gasteiger partial charge in [-0.2, -0.15) is 13.2 Å². The largest absolute Gasteiger partial charge is 0.486 e. The van der Waals surface area contributed by atoms with Crippen molar-refractivity contribution in [1.29, 1.82) is 0 Å². The molecule has 1 aliphatic heterocycles. The predicted octanol–water partition coefficient (Wildman–Crippen LogP) is 5.18. The number of carbonyl (C=O) groups is 1. The fraction of sp³-hybridized carbons (Fsp3) is 0.125. The number of alkyl halides is 3. The van der Waals surface area contributed by atoms with Crippen LogP contribution in [-0.2, 0) is 6.18 Å². The van der Waals surface area contributed by atoms with E-state index in [2.05, 4.69) is 20.5 Å². The number of aromatic nitrogens is 3. The number of fused-ring (bicyclic) bond motifs is 1. The molecule has 0 aliphatic carbocycles. The number of para-hydroxylation sites is 1. The predicted molar refractivity (Wildman–Crippen MR) is 118 cm³/mol. The van der Waals surface area contributed by atoms with Crippen molar-refractivity contribution < 1.29 is 27.4 Å². The van der Waals surface area contributed by atoms with E-state index in [0.717, 1.165) is 12.1 Å². The third-order valence-corrected chi connectivity index (χ3v) is 5.21. The molecule has 34 heavy (non-hydrogen) atoms. The van der Waals surface area contributed by atoms with Gasteiger partial charge in [0.05, 0.1) is 11.3 Å². The fourth-order valence-corrected chi connectivity index (χ4v) is 3.51. The number of hydrogen-bond acceptors (Lipinski definition) is 5. The van der Waals surface area contributed by atoms with Crippen molar-refractivity contribution in [3.63, 3.8) is 0 Å². The number of anilines is 1. The van der Waals surface area contributed by atoms with Gasteiger partial charge in [0.1, 0.15) is 13.2 Å². The zero-order chi connectivity index (χ0) is 23.7. The van der Waals surface area contributed by atoms with Crippen molar-refractivity contribution in [2.24, 2.45) is 0 Å². The Kier molecular flexibility index (Phi) is 5.40. The molecular weight excluding hydrogens is 449 g/mol. The number of halogens is 3. The summed E-state index contributed by atoms with van der Waals surface area (Å²) in [5, 5.41) is 11.0. The van der Waals surface area contributed by atoms with Gasteiger partial charge in [-0.1, -0.05) is 24.3 Å². The number of amides is 1. The minimum Gasteiger partial charge on any atom is -0.486 e. The third-order valence-electron chi connectivity index (χ3n) is 5.21. The number of H-pyrrole nitrogens is 1. The number of rotatable bonds is 4. The number of aromatic amines is 1. The number of ether oxygens (including phenoxy) is 2. The number of nitrogens with one attached hydrogen (secondary N) is 2. The van der Waals surface area contributed by atoms with Gasteiger partial charge in [-0.3, -0.25) is 4.79 Å². The van der Waals surface area contributed by atoms with Crippen molar-refractivity contribution in [2.75, 3.05) is 18.5 Å². The average molecular weight is 466 g/mol. The van der Waals surface area contributed by atoms with Gasteiger partial charge in [0.2, 0.25) is 0 Å². The Labute approximate surface area is 191 Å². The van der Waals surface area contributed by atoms with Crippen LogP contribution in [-0.4, -0.2) is 34.3 Å². The summed E-state index contributed by atoms with van der Waals surface area (Å²) in [5.41, 5.74) is 1.14. The first kappa shape index (κ1) is 21.5. The van der Waals surface area contributed by atoms with Gasteiger partial charge < -0.3 is 19.8 Å². The summed E-state index contributed by atoms with van der Waals surface area (Å²) < 4.78 is 49.5. The summed E-state index contributed by atoms with van der Waals surface area (Å²) in [7, 11) is 0. The van der Waals surface area contributed by atoms with Crippen LogP contribution in [0.2, 0.25) is 0 Å². The van der Waals surface area contributed by atoms with Crippen molar-refractivity contribution in [1.82, 2.24) is 15.2 Å². The third kappa shape index (κ3) is 4.29. The van der Waals surface area contributed by atoms with Crippen LogP contribution < -0.4 is 14.8 Å². The topological polar surface area (TPSA) is 89.1 Å². The van der Waals surface area contributed by atoms with Crippen LogP contribution in [0.3, 0.4) is 0 Å². The highest BCUT2D eigenvalue weighted by atomic mass is 19.4. The van der Waals surface area contributed by atoms with Gasteiger partial charge in [0.15, 0.2) is 23.1 Å². The second kappa shape index (κ2) is 8.54. The summed E-state index contributed by atoms with van der Waals surface area (Å²) in [6.07, 6.45) is -4.42. The van der Waals surface area contributed by atoms with E-state index < -0.39 is 11.7 Å². The lowest BCUT2D eigenvalue weighted by Crippen LogP contribution is -2.17. The van der Waals surface area contributed by atoms with Gasteiger partial charge in [-0.05, 0) is 42.5 Å². The van der Waals surface area contributed by atoms with Gasteiger partial charge in [0, 0.05) is 16.7 Å². The van der Waals surface area contributed by atoms with Gasteiger partial charge in [-0.25, -0.2) is 0 Å². The molecule has 10 heteroatoms. The molecule has 7 nitrogen and oxygen atoms in total. The lowest BCUT2D eigenvalue weighted by molar-refractivity contribution is -0.137. The van der Waals surface area contributed by atoms with Crippen LogP contribution in [0, 0.1) is 0 Å². The fourth-order valence-electron chi connectivity index (χ4n) is 3.51. The van der Waals surface area contributed by atoms with Crippen molar-refractivity contribution >= 4 is 11.6 Å². The quantitative estimate of drug-likeness (QED) is 0.433. The molecule has 5 rings (SSSR count). The summed E-state index contributed by atoms with van der Waals surface area (Å²) in [4.78, 5) is 15.9. The molecule has 2 heterocycles. The Morgan fingerprint density at radius 2 is 1.59 bits per heavy atom. The maximum absolute atomic E-state index is 12.9. The van der Waals surface area contributed by atoms with Crippen molar-refractivity contribution in [3.05, 3.63) is 77.9 Å². The second-order valence-electron chi connectivity index (χ2n) is 7.46.